The molecule has 0 amide bonds. The Bertz CT molecular complexity index is 1410. The minimum absolute atomic E-state index is 0.210. The van der Waals surface area contributed by atoms with E-state index >= 15 is 0 Å². The zero-order valence-electron chi connectivity index (χ0n) is 18.5. The molecular formula is C26H23BrFN3O2. The highest BCUT2D eigenvalue weighted by molar-refractivity contribution is 9.10. The number of ether oxygens (including phenoxy) is 1. The molecule has 4 aromatic rings. The summed E-state index contributed by atoms with van der Waals surface area (Å²) in [5, 5.41) is 4.99. The van der Waals surface area contributed by atoms with Gasteiger partial charge in [-0.1, -0.05) is 61.0 Å². The Morgan fingerprint density at radius 2 is 1.88 bits per heavy atom. The number of rotatable bonds is 5. The second kappa shape index (κ2) is 9.27. The summed E-state index contributed by atoms with van der Waals surface area (Å²) in [4.78, 5) is 18.0. The van der Waals surface area contributed by atoms with Crippen LogP contribution in [0.25, 0.3) is 10.9 Å². The maximum absolute atomic E-state index is 13.5. The number of halogens is 2. The van der Waals surface area contributed by atoms with E-state index in [2.05, 4.69) is 21.0 Å². The van der Waals surface area contributed by atoms with Gasteiger partial charge in [0.25, 0.3) is 5.56 Å². The normalized spacial score (nSPS) is 11.9. The first-order chi connectivity index (χ1) is 15.7. The Morgan fingerprint density at radius 3 is 2.64 bits per heavy atom. The number of hydrogen-bond acceptors (Lipinski definition) is 4. The monoisotopic (exact) mass is 507 g/mol. The Labute approximate surface area is 199 Å². The maximum atomic E-state index is 13.5. The summed E-state index contributed by atoms with van der Waals surface area (Å²) in [5.74, 6) is 0.819. The Hall–Kier alpha value is -3.32. The number of para-hydroxylation sites is 1. The minimum atomic E-state index is -0.412. The van der Waals surface area contributed by atoms with Gasteiger partial charge in [0.1, 0.15) is 24.0 Å². The molecule has 0 N–H and O–H groups in total. The van der Waals surface area contributed by atoms with Gasteiger partial charge in [-0.3, -0.25) is 4.79 Å². The number of fused-ring (bicyclic) bond motifs is 1. The second-order valence-electron chi connectivity index (χ2n) is 8.66. The molecule has 1 aromatic heterocycles. The molecule has 0 spiro atoms. The highest BCUT2D eigenvalue weighted by Gasteiger charge is 2.23. The Kier molecular flexibility index (Phi) is 6.42. The molecule has 0 bridgehead atoms. The Balaban J connectivity index is 1.73. The summed E-state index contributed by atoms with van der Waals surface area (Å²) >= 11 is 3.42. The van der Waals surface area contributed by atoms with Gasteiger partial charge in [-0.05, 0) is 48.0 Å². The van der Waals surface area contributed by atoms with Crippen LogP contribution in [0.3, 0.4) is 0 Å². The van der Waals surface area contributed by atoms with Crippen LogP contribution in [0.15, 0.2) is 81.1 Å². The van der Waals surface area contributed by atoms with Gasteiger partial charge in [0.05, 0.1) is 17.1 Å². The summed E-state index contributed by atoms with van der Waals surface area (Å²) in [6.45, 7) is 6.17. The average molecular weight is 508 g/mol. The molecule has 0 aliphatic rings. The van der Waals surface area contributed by atoms with Crippen molar-refractivity contribution in [1.29, 1.82) is 0 Å². The lowest BCUT2D eigenvalue weighted by Gasteiger charge is -2.21. The van der Waals surface area contributed by atoms with Crippen LogP contribution in [0, 0.1) is 5.82 Å². The van der Waals surface area contributed by atoms with Gasteiger partial charge < -0.3 is 4.74 Å². The third-order valence-corrected chi connectivity index (χ3v) is 5.49. The standard InChI is InChI=1S/C26H23BrFN3O2/c1-26(2,3)25-30-22-12-11-19(27)14-21(22)24(32)31(25)29-15-18-8-4-5-10-23(18)33-16-17-7-6-9-20(28)13-17/h4-15H,16H2,1-3H3. The zero-order chi connectivity index (χ0) is 23.6. The maximum Gasteiger partial charge on any atom is 0.282 e. The molecule has 0 aliphatic heterocycles. The lowest BCUT2D eigenvalue weighted by molar-refractivity contribution is 0.305. The van der Waals surface area contributed by atoms with E-state index in [-0.39, 0.29) is 18.0 Å². The molecular weight excluding hydrogens is 485 g/mol. The van der Waals surface area contributed by atoms with Gasteiger partial charge in [-0.2, -0.15) is 9.78 Å². The van der Waals surface area contributed by atoms with Crippen LogP contribution in [0.4, 0.5) is 4.39 Å². The molecule has 168 valence electrons. The molecule has 0 atom stereocenters. The van der Waals surface area contributed by atoms with Crippen molar-refractivity contribution in [2.24, 2.45) is 5.10 Å². The van der Waals surface area contributed by atoms with Crippen LogP contribution in [-0.2, 0) is 12.0 Å². The first-order valence-electron chi connectivity index (χ1n) is 10.5. The summed E-state index contributed by atoms with van der Waals surface area (Å²) in [5.41, 5.74) is 1.37. The van der Waals surface area contributed by atoms with Crippen molar-refractivity contribution in [2.45, 2.75) is 32.8 Å². The van der Waals surface area contributed by atoms with Gasteiger partial charge >= 0.3 is 0 Å². The average Bonchev–Trinajstić information content (AvgIpc) is 2.77. The van der Waals surface area contributed by atoms with E-state index < -0.39 is 5.41 Å². The fraction of sp³-hybridized carbons (Fsp3) is 0.192. The van der Waals surface area contributed by atoms with Crippen LogP contribution in [-0.4, -0.2) is 15.9 Å². The van der Waals surface area contributed by atoms with Crippen molar-refractivity contribution in [2.75, 3.05) is 0 Å². The van der Waals surface area contributed by atoms with Crippen LogP contribution >= 0.6 is 15.9 Å². The summed E-state index contributed by atoms with van der Waals surface area (Å²) in [7, 11) is 0. The van der Waals surface area contributed by atoms with Gasteiger partial charge in [-0.15, -0.1) is 0 Å². The largest absolute Gasteiger partial charge is 0.488 e. The van der Waals surface area contributed by atoms with E-state index in [1.807, 2.05) is 57.2 Å². The van der Waals surface area contributed by atoms with Gasteiger partial charge in [0.15, 0.2) is 0 Å². The van der Waals surface area contributed by atoms with E-state index in [0.29, 0.717) is 28.0 Å². The molecule has 7 heteroatoms. The van der Waals surface area contributed by atoms with Crippen LogP contribution in [0.1, 0.15) is 37.7 Å². The third-order valence-electron chi connectivity index (χ3n) is 4.99. The van der Waals surface area contributed by atoms with Gasteiger partial charge in [0.2, 0.25) is 0 Å². The van der Waals surface area contributed by atoms with Gasteiger partial charge in [-0.25, -0.2) is 9.37 Å². The van der Waals surface area contributed by atoms with E-state index in [0.717, 1.165) is 10.0 Å². The molecule has 0 aliphatic carbocycles. The molecule has 0 unspecified atom stereocenters. The van der Waals surface area contributed by atoms with E-state index in [1.165, 1.54) is 16.8 Å². The van der Waals surface area contributed by atoms with E-state index in [4.69, 9.17) is 9.72 Å². The third kappa shape index (κ3) is 5.20. The highest BCUT2D eigenvalue weighted by Crippen LogP contribution is 2.23. The van der Waals surface area contributed by atoms with Crippen LogP contribution in [0.2, 0.25) is 0 Å². The molecule has 0 saturated heterocycles. The number of hydrogen-bond donors (Lipinski definition) is 0. The second-order valence-corrected chi connectivity index (χ2v) is 9.58. The molecule has 1 heterocycles. The first kappa shape index (κ1) is 22.9. The highest BCUT2D eigenvalue weighted by atomic mass is 79.9. The molecule has 0 saturated carbocycles. The summed E-state index contributed by atoms with van der Waals surface area (Å²) in [6.07, 6.45) is 1.59. The quantitative estimate of drug-likeness (QED) is 0.308. The van der Waals surface area contributed by atoms with Crippen LogP contribution < -0.4 is 10.3 Å². The number of aromatic nitrogens is 2. The minimum Gasteiger partial charge on any atom is -0.488 e. The fourth-order valence-electron chi connectivity index (χ4n) is 3.37. The van der Waals surface area contributed by atoms with Crippen molar-refractivity contribution in [3.8, 4) is 5.75 Å². The van der Waals surface area contributed by atoms with Crippen LogP contribution in [0.5, 0.6) is 5.75 Å². The predicted octanol–water partition coefficient (Wildman–Crippen LogP) is 6.06. The van der Waals surface area contributed by atoms with Crippen molar-refractivity contribution in [1.82, 2.24) is 9.66 Å². The molecule has 4 rings (SSSR count). The zero-order valence-corrected chi connectivity index (χ0v) is 20.1. The number of benzene rings is 3. The summed E-state index contributed by atoms with van der Waals surface area (Å²) in [6, 6.07) is 19.1. The van der Waals surface area contributed by atoms with Gasteiger partial charge in [0, 0.05) is 15.5 Å². The first-order valence-corrected chi connectivity index (χ1v) is 11.2. The van der Waals surface area contributed by atoms with Crippen molar-refractivity contribution in [3.63, 3.8) is 0 Å². The number of nitrogens with zero attached hydrogens (tertiary/aromatic N) is 3. The van der Waals surface area contributed by atoms with Crippen molar-refractivity contribution >= 4 is 33.0 Å². The SMILES string of the molecule is CC(C)(C)c1nc2ccc(Br)cc2c(=O)n1N=Cc1ccccc1OCc1cccc(F)c1. The predicted molar refractivity (Wildman–Crippen MR) is 133 cm³/mol. The molecule has 33 heavy (non-hydrogen) atoms. The summed E-state index contributed by atoms with van der Waals surface area (Å²) < 4.78 is 21.5. The van der Waals surface area contributed by atoms with Crippen molar-refractivity contribution < 1.29 is 9.13 Å². The smallest absolute Gasteiger partial charge is 0.282 e. The van der Waals surface area contributed by atoms with Crippen molar-refractivity contribution in [3.05, 3.63) is 104 Å². The van der Waals surface area contributed by atoms with E-state index in [9.17, 15) is 9.18 Å². The lowest BCUT2D eigenvalue weighted by atomic mass is 9.95. The fourth-order valence-corrected chi connectivity index (χ4v) is 3.73. The molecule has 0 fully saturated rings. The van der Waals surface area contributed by atoms with E-state index in [1.54, 1.807) is 24.4 Å². The molecule has 3 aromatic carbocycles. The molecule has 0 radical (unpaired) electrons. The Morgan fingerprint density at radius 1 is 1.09 bits per heavy atom. The molecule has 5 nitrogen and oxygen atoms in total. The topological polar surface area (TPSA) is 56.5 Å². The lowest BCUT2D eigenvalue weighted by Crippen LogP contribution is -2.29.